The summed E-state index contributed by atoms with van der Waals surface area (Å²) in [5.41, 5.74) is 0.664. The maximum Gasteiger partial charge on any atom is 0.222 e. The van der Waals surface area contributed by atoms with E-state index in [1.165, 1.54) is 6.26 Å². The van der Waals surface area contributed by atoms with Crippen molar-refractivity contribution in [3.8, 4) is 0 Å². The molecule has 0 spiro atoms. The fraction of sp³-hybridized carbons (Fsp3) is 0.429. The van der Waals surface area contributed by atoms with Crippen molar-refractivity contribution < 1.29 is 22.4 Å². The number of likely N-dealkylation sites (tertiary alicyclic amines) is 1. The van der Waals surface area contributed by atoms with Crippen molar-refractivity contribution in [2.24, 2.45) is 0 Å². The lowest BCUT2D eigenvalue weighted by Crippen LogP contribution is -2.42. The number of amides is 1. The molecule has 7 heteroatoms. The molecule has 0 atom stereocenters. The van der Waals surface area contributed by atoms with Gasteiger partial charge >= 0.3 is 0 Å². The van der Waals surface area contributed by atoms with Crippen LogP contribution < -0.4 is 0 Å². The summed E-state index contributed by atoms with van der Waals surface area (Å²) in [7, 11) is -3.29. The van der Waals surface area contributed by atoms with Crippen molar-refractivity contribution in [2.45, 2.75) is 43.1 Å². The number of furan rings is 1. The molecule has 3 rings (SSSR count). The predicted molar refractivity (Wildman–Crippen MR) is 106 cm³/mol. The second kappa shape index (κ2) is 9.19. The Kier molecular flexibility index (Phi) is 6.67. The van der Waals surface area contributed by atoms with Gasteiger partial charge in [0.1, 0.15) is 11.5 Å². The Morgan fingerprint density at radius 1 is 1.00 bits per heavy atom. The number of carbonyl (C=O) groups is 2. The van der Waals surface area contributed by atoms with Crippen LogP contribution in [-0.4, -0.2) is 43.3 Å². The first kappa shape index (κ1) is 20.3. The minimum Gasteiger partial charge on any atom is -0.468 e. The average molecular weight is 404 g/mol. The van der Waals surface area contributed by atoms with E-state index in [1.807, 2.05) is 18.2 Å². The van der Waals surface area contributed by atoms with Crippen LogP contribution in [0.5, 0.6) is 0 Å². The Morgan fingerprint density at radius 2 is 1.71 bits per heavy atom. The molecule has 0 N–H and O–H groups in total. The van der Waals surface area contributed by atoms with Gasteiger partial charge in [0.15, 0.2) is 15.6 Å². The van der Waals surface area contributed by atoms with Crippen molar-refractivity contribution in [1.82, 2.24) is 4.90 Å². The van der Waals surface area contributed by atoms with Gasteiger partial charge < -0.3 is 9.32 Å². The summed E-state index contributed by atoms with van der Waals surface area (Å²) in [5.74, 6) is 0.376. The largest absolute Gasteiger partial charge is 0.468 e. The second-order valence-corrected chi connectivity index (χ2v) is 9.39. The molecule has 1 aromatic carbocycles. The number of sulfone groups is 1. The van der Waals surface area contributed by atoms with Crippen LogP contribution in [0, 0.1) is 0 Å². The van der Waals surface area contributed by atoms with Gasteiger partial charge in [0.2, 0.25) is 5.91 Å². The third kappa shape index (κ3) is 5.32. The van der Waals surface area contributed by atoms with E-state index in [2.05, 4.69) is 0 Å². The minimum atomic E-state index is -3.29. The molecule has 1 amide bonds. The fourth-order valence-corrected chi connectivity index (χ4v) is 5.23. The van der Waals surface area contributed by atoms with Crippen molar-refractivity contribution in [2.75, 3.05) is 13.1 Å². The highest BCUT2D eigenvalue weighted by Crippen LogP contribution is 2.22. The molecule has 28 heavy (non-hydrogen) atoms. The van der Waals surface area contributed by atoms with E-state index >= 15 is 0 Å². The Bertz CT molecular complexity index is 882. The maximum atomic E-state index is 12.5. The Labute approximate surface area is 165 Å². The van der Waals surface area contributed by atoms with E-state index in [9.17, 15) is 18.0 Å². The number of carbonyl (C=O) groups excluding carboxylic acids is 2. The second-order valence-electron chi connectivity index (χ2n) is 7.11. The van der Waals surface area contributed by atoms with E-state index in [0.717, 1.165) is 0 Å². The van der Waals surface area contributed by atoms with Gasteiger partial charge in [0.25, 0.3) is 0 Å². The molecular formula is C21H25NO5S. The highest BCUT2D eigenvalue weighted by atomic mass is 32.2. The summed E-state index contributed by atoms with van der Waals surface area (Å²) in [6.45, 7) is 0.876. The monoisotopic (exact) mass is 403 g/mol. The van der Waals surface area contributed by atoms with Gasteiger partial charge in [-0.25, -0.2) is 8.42 Å². The minimum absolute atomic E-state index is 0.0113. The molecule has 0 saturated carbocycles. The van der Waals surface area contributed by atoms with E-state index in [-0.39, 0.29) is 17.4 Å². The number of ketones is 1. The highest BCUT2D eigenvalue weighted by molar-refractivity contribution is 7.91. The molecule has 150 valence electrons. The Hall–Kier alpha value is -2.41. The lowest BCUT2D eigenvalue weighted by Gasteiger charge is -2.31. The van der Waals surface area contributed by atoms with Crippen LogP contribution in [-0.2, 0) is 20.4 Å². The number of benzene rings is 1. The molecule has 2 aromatic rings. The van der Waals surface area contributed by atoms with Gasteiger partial charge in [0.05, 0.1) is 11.5 Å². The Balaban J connectivity index is 1.42. The molecule has 1 saturated heterocycles. The highest BCUT2D eigenvalue weighted by Gasteiger charge is 2.32. The number of nitrogens with zero attached hydrogens (tertiary/aromatic N) is 1. The summed E-state index contributed by atoms with van der Waals surface area (Å²) in [6, 6.07) is 12.4. The molecule has 0 bridgehead atoms. The summed E-state index contributed by atoms with van der Waals surface area (Å²) >= 11 is 0. The van der Waals surface area contributed by atoms with Crippen molar-refractivity contribution in [3.63, 3.8) is 0 Å². The smallest absolute Gasteiger partial charge is 0.222 e. The lowest BCUT2D eigenvalue weighted by atomic mass is 10.0. The lowest BCUT2D eigenvalue weighted by molar-refractivity contribution is -0.132. The maximum absolute atomic E-state index is 12.5. The number of Topliss-reactive ketones (excluding diaryl/α,β-unsaturated/α-hetero) is 1. The molecule has 0 radical (unpaired) electrons. The fourth-order valence-electron chi connectivity index (χ4n) is 3.50. The van der Waals surface area contributed by atoms with Crippen LogP contribution >= 0.6 is 0 Å². The third-order valence-electron chi connectivity index (χ3n) is 5.12. The summed E-state index contributed by atoms with van der Waals surface area (Å²) in [5, 5.41) is -0.443. The zero-order chi connectivity index (χ0) is 20.0. The molecule has 2 heterocycles. The average Bonchev–Trinajstić information content (AvgIpc) is 3.21. The zero-order valence-corrected chi connectivity index (χ0v) is 16.6. The van der Waals surface area contributed by atoms with Crippen LogP contribution in [0.25, 0.3) is 0 Å². The van der Waals surface area contributed by atoms with Gasteiger partial charge in [-0.2, -0.15) is 0 Å². The quantitative estimate of drug-likeness (QED) is 0.632. The standard InChI is InChI=1S/C21H25NO5S/c23-20(17-6-2-1-3-7-17)9-4-10-21(24)22-13-11-19(12-14-22)28(25,26)16-18-8-5-15-27-18/h1-3,5-8,15,19H,4,9-14,16H2. The zero-order valence-electron chi connectivity index (χ0n) is 15.7. The first-order valence-corrected chi connectivity index (χ1v) is 11.3. The number of hydrogen-bond acceptors (Lipinski definition) is 5. The third-order valence-corrected chi connectivity index (χ3v) is 7.29. The molecule has 1 aromatic heterocycles. The first-order chi connectivity index (χ1) is 13.5. The molecule has 0 unspecified atom stereocenters. The number of rotatable bonds is 8. The van der Waals surface area contributed by atoms with Crippen LogP contribution in [0.2, 0.25) is 0 Å². The van der Waals surface area contributed by atoms with E-state index < -0.39 is 15.1 Å². The summed E-state index contributed by atoms with van der Waals surface area (Å²) in [4.78, 5) is 26.2. The van der Waals surface area contributed by atoms with Crippen molar-refractivity contribution >= 4 is 21.5 Å². The summed E-state index contributed by atoms with van der Waals surface area (Å²) < 4.78 is 30.2. The first-order valence-electron chi connectivity index (χ1n) is 9.56. The van der Waals surface area contributed by atoms with E-state index in [1.54, 1.807) is 29.2 Å². The van der Waals surface area contributed by atoms with Crippen molar-refractivity contribution in [3.05, 3.63) is 60.1 Å². The van der Waals surface area contributed by atoms with Crippen LogP contribution in [0.15, 0.2) is 53.1 Å². The van der Waals surface area contributed by atoms with Gasteiger partial charge in [-0.3, -0.25) is 9.59 Å². The van der Waals surface area contributed by atoms with Crippen molar-refractivity contribution in [1.29, 1.82) is 0 Å². The number of piperidine rings is 1. The Morgan fingerprint density at radius 3 is 2.36 bits per heavy atom. The molecule has 6 nitrogen and oxygen atoms in total. The van der Waals surface area contributed by atoms with Gasteiger partial charge in [-0.05, 0) is 31.4 Å². The van der Waals surface area contributed by atoms with Gasteiger partial charge in [-0.1, -0.05) is 30.3 Å². The van der Waals surface area contributed by atoms with Gasteiger partial charge in [-0.15, -0.1) is 0 Å². The molecular weight excluding hydrogens is 378 g/mol. The predicted octanol–water partition coefficient (Wildman–Crippen LogP) is 3.24. The van der Waals surface area contributed by atoms with E-state index in [0.29, 0.717) is 56.5 Å². The van der Waals surface area contributed by atoms with Crippen LogP contribution in [0.3, 0.4) is 0 Å². The topological polar surface area (TPSA) is 84.7 Å². The van der Waals surface area contributed by atoms with Crippen LogP contribution in [0.1, 0.15) is 48.2 Å². The summed E-state index contributed by atoms with van der Waals surface area (Å²) in [6.07, 6.45) is 3.50. The van der Waals surface area contributed by atoms with Crippen LogP contribution in [0.4, 0.5) is 0 Å². The van der Waals surface area contributed by atoms with Gasteiger partial charge in [0, 0.05) is 31.5 Å². The molecule has 0 aliphatic carbocycles. The molecule has 1 fully saturated rings. The van der Waals surface area contributed by atoms with E-state index in [4.69, 9.17) is 4.42 Å². The SMILES string of the molecule is O=C(CCCC(=O)N1CCC(S(=O)(=O)Cc2ccco2)CC1)c1ccccc1. The molecule has 1 aliphatic heterocycles. The molecule has 1 aliphatic rings. The normalized spacial score (nSPS) is 15.5. The number of hydrogen-bond donors (Lipinski definition) is 0.